The van der Waals surface area contributed by atoms with Crippen molar-refractivity contribution in [3.63, 3.8) is 0 Å². The number of carboxylic acids is 2. The molecule has 0 amide bonds. The summed E-state index contributed by atoms with van der Waals surface area (Å²) in [6.45, 7) is 14.4. The molecule has 0 aromatic heterocycles. The van der Waals surface area contributed by atoms with E-state index in [0.29, 0.717) is 23.3 Å². The van der Waals surface area contributed by atoms with Gasteiger partial charge in [0.1, 0.15) is 11.5 Å². The van der Waals surface area contributed by atoms with Crippen molar-refractivity contribution in [2.75, 3.05) is 0 Å². The number of carbonyl (C=O) groups is 2. The molecule has 0 heterocycles. The van der Waals surface area contributed by atoms with Gasteiger partial charge in [0, 0.05) is 35.5 Å². The van der Waals surface area contributed by atoms with E-state index in [-0.39, 0.29) is 28.9 Å². The molecule has 0 spiro atoms. The average molecular weight is 612 g/mol. The fourth-order valence-corrected chi connectivity index (χ4v) is 4.33. The predicted molar refractivity (Wildman–Crippen MR) is 156 cm³/mol. The molecule has 1 aliphatic rings. The molecule has 3 rings (SSSR count). The van der Waals surface area contributed by atoms with Crippen LogP contribution in [0.1, 0.15) is 112 Å². The second kappa shape index (κ2) is 18.3. The molecule has 2 atom stereocenters. The second-order valence-electron chi connectivity index (χ2n) is 10.8. The summed E-state index contributed by atoms with van der Waals surface area (Å²) in [6, 6.07) is 8.33. The Morgan fingerprint density at radius 3 is 1.32 bits per heavy atom. The Morgan fingerprint density at radius 2 is 1.05 bits per heavy atom. The van der Waals surface area contributed by atoms with Crippen molar-refractivity contribution in [2.45, 2.75) is 105 Å². The van der Waals surface area contributed by atoms with E-state index >= 15 is 0 Å². The number of aliphatic imine (C=N–C) groups is 2. The van der Waals surface area contributed by atoms with Gasteiger partial charge in [-0.15, -0.1) is 0 Å². The molecule has 2 aromatic carbocycles. The Balaban J connectivity index is 0.00000158. The Morgan fingerprint density at radius 1 is 0.756 bits per heavy atom. The van der Waals surface area contributed by atoms with Crippen LogP contribution in [-0.2, 0) is 26.4 Å². The van der Waals surface area contributed by atoms with Crippen molar-refractivity contribution < 1.29 is 46.8 Å². The number of aliphatic carboxylic acids is 2. The number of phenolic OH excluding ortho intramolecular Hbond substituents is 2. The molecular formula is C32H44CoN2O6. The van der Waals surface area contributed by atoms with Crippen molar-refractivity contribution in [3.05, 3.63) is 57.6 Å². The molecule has 8 nitrogen and oxygen atoms in total. The predicted octanol–water partition coefficient (Wildman–Crippen LogP) is 4.32. The van der Waals surface area contributed by atoms with E-state index in [1.165, 1.54) is 11.1 Å². The van der Waals surface area contributed by atoms with Crippen molar-refractivity contribution in [2.24, 2.45) is 9.98 Å². The van der Waals surface area contributed by atoms with Crippen molar-refractivity contribution >= 4 is 24.4 Å². The maximum atomic E-state index is 10.5. The first-order chi connectivity index (χ1) is 18.6. The molecule has 9 heteroatoms. The number of carbonyl (C=O) groups excluding carboxylic acids is 2. The number of hydrogen-bond acceptors (Lipinski definition) is 8. The molecule has 2 unspecified atom stereocenters. The Hall–Kier alpha value is -3.17. The van der Waals surface area contributed by atoms with E-state index in [1.54, 1.807) is 0 Å². The minimum atomic E-state index is -1.08. The molecule has 227 valence electrons. The molecule has 41 heavy (non-hydrogen) atoms. The summed E-state index contributed by atoms with van der Waals surface area (Å²) >= 11 is 0. The maximum Gasteiger partial charge on any atom is 2.00 e. The second-order valence-corrected chi connectivity index (χ2v) is 10.8. The van der Waals surface area contributed by atoms with Crippen LogP contribution in [0.5, 0.6) is 11.5 Å². The standard InChI is InChI=1S/C28H38N2O2.2C2H4O2.Co/c1-17(2)21-11-19(5)27(31)23(13-21)15-29-25-9-7-8-10-26(25)30-16-24-14-22(18(3)4)12-20(6)28(24)32;2*1-2(3)4;/h11-18,25-26,31-32H,7-10H2,1-6H3;2*1H3,(H,3,4);/q;;;+2/p-2. The summed E-state index contributed by atoms with van der Waals surface area (Å²) in [5.74, 6) is -0.766. The van der Waals surface area contributed by atoms with Gasteiger partial charge in [0.15, 0.2) is 0 Å². The fourth-order valence-electron chi connectivity index (χ4n) is 4.33. The summed E-state index contributed by atoms with van der Waals surface area (Å²) in [7, 11) is 0. The van der Waals surface area contributed by atoms with E-state index in [4.69, 9.17) is 29.8 Å². The molecule has 1 saturated carbocycles. The Kier molecular flexibility index (Phi) is 16.9. The third-order valence-electron chi connectivity index (χ3n) is 6.54. The topological polar surface area (TPSA) is 145 Å². The zero-order valence-corrected chi connectivity index (χ0v) is 26.4. The first kappa shape index (κ1) is 37.8. The van der Waals surface area contributed by atoms with Crippen LogP contribution in [0, 0.1) is 13.8 Å². The van der Waals surface area contributed by atoms with E-state index in [9.17, 15) is 10.2 Å². The summed E-state index contributed by atoms with van der Waals surface area (Å²) in [4.78, 5) is 27.5. The van der Waals surface area contributed by atoms with Gasteiger partial charge >= 0.3 is 16.8 Å². The third-order valence-corrected chi connectivity index (χ3v) is 6.54. The first-order valence-electron chi connectivity index (χ1n) is 13.7. The Bertz CT molecular complexity index is 1110. The Labute approximate surface area is 254 Å². The molecule has 1 aliphatic carbocycles. The third kappa shape index (κ3) is 13.4. The number of rotatable bonds is 6. The zero-order chi connectivity index (χ0) is 30.6. The number of nitrogens with zero attached hydrogens (tertiary/aromatic N) is 2. The summed E-state index contributed by atoms with van der Waals surface area (Å²) in [5, 5.41) is 38.8. The number of phenols is 2. The normalized spacial score (nSPS) is 16.5. The summed E-state index contributed by atoms with van der Waals surface area (Å²) < 4.78 is 0. The van der Waals surface area contributed by atoms with Crippen LogP contribution >= 0.6 is 0 Å². The van der Waals surface area contributed by atoms with Crippen LogP contribution in [0.15, 0.2) is 34.3 Å². The monoisotopic (exact) mass is 611 g/mol. The summed E-state index contributed by atoms with van der Waals surface area (Å²) in [6.07, 6.45) is 7.90. The van der Waals surface area contributed by atoms with Crippen LogP contribution in [0.3, 0.4) is 0 Å². The zero-order valence-electron chi connectivity index (χ0n) is 25.4. The van der Waals surface area contributed by atoms with Crippen molar-refractivity contribution in [3.8, 4) is 11.5 Å². The minimum Gasteiger partial charge on any atom is -0.550 e. The molecule has 2 aromatic rings. The molecule has 1 radical (unpaired) electrons. The summed E-state index contributed by atoms with van der Waals surface area (Å²) in [5.41, 5.74) is 5.73. The van der Waals surface area contributed by atoms with Crippen LogP contribution in [0.2, 0.25) is 0 Å². The maximum absolute atomic E-state index is 10.5. The first-order valence-corrected chi connectivity index (χ1v) is 13.7. The number of benzene rings is 2. The fraction of sp³-hybridized carbons (Fsp3) is 0.500. The minimum absolute atomic E-state index is 0. The van der Waals surface area contributed by atoms with Gasteiger partial charge in [0.05, 0.1) is 12.1 Å². The smallest absolute Gasteiger partial charge is 0.550 e. The largest absolute Gasteiger partial charge is 2.00 e. The average Bonchev–Trinajstić information content (AvgIpc) is 2.85. The van der Waals surface area contributed by atoms with Crippen LogP contribution < -0.4 is 10.2 Å². The van der Waals surface area contributed by atoms with Crippen molar-refractivity contribution in [1.82, 2.24) is 0 Å². The van der Waals surface area contributed by atoms with Gasteiger partial charge in [-0.05, 0) is 86.8 Å². The van der Waals surface area contributed by atoms with E-state index in [0.717, 1.165) is 61.8 Å². The number of carboxylic acid groups (broad SMARTS) is 2. The quantitative estimate of drug-likeness (QED) is 0.466. The van der Waals surface area contributed by atoms with Gasteiger partial charge in [-0.1, -0.05) is 52.7 Å². The number of hydrogen-bond donors (Lipinski definition) is 2. The molecular weight excluding hydrogens is 567 g/mol. The van der Waals surface area contributed by atoms with Crippen LogP contribution in [-0.4, -0.2) is 46.7 Å². The molecule has 2 N–H and O–H groups in total. The molecule has 0 bridgehead atoms. The van der Waals surface area contributed by atoms with E-state index < -0.39 is 11.9 Å². The van der Waals surface area contributed by atoms with Crippen molar-refractivity contribution in [1.29, 1.82) is 0 Å². The molecule has 0 saturated heterocycles. The SMILES string of the molecule is CC(=O)[O-].CC(=O)[O-].Cc1cc(C(C)C)cc(C=NC2CCCCC2N=Cc2cc(C(C)C)cc(C)c2O)c1O.[Co+2]. The molecule has 1 fully saturated rings. The van der Waals surface area contributed by atoms with Gasteiger partial charge in [-0.3, -0.25) is 9.98 Å². The van der Waals surface area contributed by atoms with Gasteiger partial charge in [-0.25, -0.2) is 0 Å². The van der Waals surface area contributed by atoms with Gasteiger partial charge in [0.25, 0.3) is 0 Å². The number of aromatic hydroxyl groups is 2. The van der Waals surface area contributed by atoms with Gasteiger partial charge < -0.3 is 30.0 Å². The van der Waals surface area contributed by atoms with Crippen LogP contribution in [0.4, 0.5) is 0 Å². The van der Waals surface area contributed by atoms with E-state index in [2.05, 4.69) is 27.7 Å². The number of aryl methyl sites for hydroxylation is 2. The van der Waals surface area contributed by atoms with Gasteiger partial charge in [0.2, 0.25) is 0 Å². The van der Waals surface area contributed by atoms with Gasteiger partial charge in [-0.2, -0.15) is 0 Å². The van der Waals surface area contributed by atoms with Crippen LogP contribution in [0.25, 0.3) is 0 Å². The molecule has 0 aliphatic heterocycles. The van der Waals surface area contributed by atoms with E-state index in [1.807, 2.05) is 50.5 Å².